The van der Waals surface area contributed by atoms with Crippen LogP contribution in [0.4, 0.5) is 5.82 Å². The van der Waals surface area contributed by atoms with Crippen LogP contribution in [0.15, 0.2) is 24.3 Å². The normalized spacial score (nSPS) is 10.4. The predicted molar refractivity (Wildman–Crippen MR) is 77.1 cm³/mol. The number of ether oxygens (including phenoxy) is 2. The molecule has 1 aromatic heterocycles. The summed E-state index contributed by atoms with van der Waals surface area (Å²) in [6.07, 6.45) is 0. The van der Waals surface area contributed by atoms with Crippen LogP contribution in [0.2, 0.25) is 10.0 Å². The van der Waals surface area contributed by atoms with E-state index in [0.29, 0.717) is 33.3 Å². The maximum atomic E-state index is 6.04. The van der Waals surface area contributed by atoms with Gasteiger partial charge in [0.05, 0.1) is 5.02 Å². The topological polar surface area (TPSA) is 82.3 Å². The minimum Gasteiger partial charge on any atom is -0.437 e. The Morgan fingerprint density at radius 3 is 2.70 bits per heavy atom. The van der Waals surface area contributed by atoms with Gasteiger partial charge in [0.15, 0.2) is 5.82 Å². The van der Waals surface area contributed by atoms with Crippen LogP contribution in [0, 0.1) is 0 Å². The third-order valence-electron chi connectivity index (χ3n) is 2.28. The number of rotatable bonds is 5. The van der Waals surface area contributed by atoms with Gasteiger partial charge in [-0.25, -0.2) is 10.8 Å². The maximum Gasteiger partial charge on any atom is 0.224 e. The number of hydrogen-bond acceptors (Lipinski definition) is 6. The monoisotopic (exact) mass is 314 g/mol. The standard InChI is InChI=1S/C12H12Cl2N4O2/c1-19-6-11-16-10(18-15)5-12(17-11)20-9-3-2-7(13)4-8(9)14/h2-5H,6,15H2,1H3,(H,16,17,18). The number of aromatic nitrogens is 2. The number of hydrazine groups is 1. The van der Waals surface area contributed by atoms with Gasteiger partial charge in [-0.1, -0.05) is 23.2 Å². The van der Waals surface area contributed by atoms with Crippen LogP contribution in [0.1, 0.15) is 5.82 Å². The quantitative estimate of drug-likeness (QED) is 0.652. The molecule has 2 rings (SSSR count). The zero-order valence-corrected chi connectivity index (χ0v) is 12.1. The highest BCUT2D eigenvalue weighted by Crippen LogP contribution is 2.31. The summed E-state index contributed by atoms with van der Waals surface area (Å²) in [6.45, 7) is 0.236. The van der Waals surface area contributed by atoms with Gasteiger partial charge in [-0.15, -0.1) is 0 Å². The lowest BCUT2D eigenvalue weighted by molar-refractivity contribution is 0.177. The van der Waals surface area contributed by atoms with E-state index in [4.69, 9.17) is 38.5 Å². The molecule has 8 heteroatoms. The summed E-state index contributed by atoms with van der Waals surface area (Å²) in [4.78, 5) is 8.30. The summed E-state index contributed by atoms with van der Waals surface area (Å²) in [7, 11) is 1.54. The summed E-state index contributed by atoms with van der Waals surface area (Å²) in [5, 5.41) is 0.904. The molecule has 0 aliphatic rings. The van der Waals surface area contributed by atoms with Crippen LogP contribution >= 0.6 is 23.2 Å². The molecule has 1 aromatic carbocycles. The van der Waals surface area contributed by atoms with Crippen molar-refractivity contribution in [2.24, 2.45) is 5.84 Å². The number of nitrogens with two attached hydrogens (primary N) is 1. The van der Waals surface area contributed by atoms with Crippen molar-refractivity contribution in [1.82, 2.24) is 9.97 Å². The molecule has 6 nitrogen and oxygen atoms in total. The molecule has 0 saturated carbocycles. The van der Waals surface area contributed by atoms with Crippen LogP contribution < -0.4 is 16.0 Å². The minimum absolute atomic E-state index is 0.236. The zero-order chi connectivity index (χ0) is 14.5. The third kappa shape index (κ3) is 3.71. The zero-order valence-electron chi connectivity index (χ0n) is 10.6. The molecule has 0 bridgehead atoms. The molecular weight excluding hydrogens is 303 g/mol. The average molecular weight is 315 g/mol. The summed E-state index contributed by atoms with van der Waals surface area (Å²) in [5.74, 6) is 6.92. The maximum absolute atomic E-state index is 6.04. The van der Waals surface area contributed by atoms with Gasteiger partial charge >= 0.3 is 0 Å². The van der Waals surface area contributed by atoms with Crippen LogP contribution in [-0.2, 0) is 11.3 Å². The summed E-state index contributed by atoms with van der Waals surface area (Å²) < 4.78 is 10.6. The number of benzene rings is 1. The molecule has 106 valence electrons. The van der Waals surface area contributed by atoms with Crippen molar-refractivity contribution in [2.45, 2.75) is 6.61 Å². The number of nitrogens with zero attached hydrogens (tertiary/aromatic N) is 2. The van der Waals surface area contributed by atoms with Crippen molar-refractivity contribution in [3.8, 4) is 11.6 Å². The van der Waals surface area contributed by atoms with E-state index < -0.39 is 0 Å². The molecule has 0 spiro atoms. The molecule has 0 atom stereocenters. The van der Waals surface area contributed by atoms with E-state index in [1.165, 1.54) is 0 Å². The number of nitrogen functional groups attached to an aromatic ring is 1. The van der Waals surface area contributed by atoms with Crippen molar-refractivity contribution in [1.29, 1.82) is 0 Å². The van der Waals surface area contributed by atoms with Crippen LogP contribution in [0.3, 0.4) is 0 Å². The molecule has 0 aliphatic heterocycles. The second kappa shape index (κ2) is 6.71. The third-order valence-corrected chi connectivity index (χ3v) is 2.81. The van der Waals surface area contributed by atoms with E-state index in [1.54, 1.807) is 31.4 Å². The first-order chi connectivity index (χ1) is 9.62. The summed E-state index contributed by atoms with van der Waals surface area (Å²) in [6, 6.07) is 6.45. The smallest absolute Gasteiger partial charge is 0.224 e. The van der Waals surface area contributed by atoms with Crippen LogP contribution in [0.5, 0.6) is 11.6 Å². The first kappa shape index (κ1) is 14.8. The Hall–Kier alpha value is -1.60. The average Bonchev–Trinajstić information content (AvgIpc) is 2.42. The van der Waals surface area contributed by atoms with Crippen molar-refractivity contribution < 1.29 is 9.47 Å². The van der Waals surface area contributed by atoms with Crippen molar-refractivity contribution in [3.05, 3.63) is 40.1 Å². The number of methoxy groups -OCH3 is 1. The van der Waals surface area contributed by atoms with Gasteiger partial charge in [0, 0.05) is 18.2 Å². The molecule has 0 fully saturated rings. The van der Waals surface area contributed by atoms with Gasteiger partial charge < -0.3 is 14.9 Å². The Morgan fingerprint density at radius 1 is 1.25 bits per heavy atom. The second-order valence-electron chi connectivity index (χ2n) is 3.76. The molecule has 3 N–H and O–H groups in total. The Kier molecular flexibility index (Phi) is 4.97. The Balaban J connectivity index is 2.29. The lowest BCUT2D eigenvalue weighted by Crippen LogP contribution is -2.11. The lowest BCUT2D eigenvalue weighted by Gasteiger charge is -2.09. The number of anilines is 1. The van der Waals surface area contributed by atoms with E-state index in [9.17, 15) is 0 Å². The molecule has 0 radical (unpaired) electrons. The van der Waals surface area contributed by atoms with Gasteiger partial charge in [-0.05, 0) is 18.2 Å². The molecular formula is C12H12Cl2N4O2. The predicted octanol–water partition coefficient (Wildman–Crippen LogP) is 3.01. The largest absolute Gasteiger partial charge is 0.437 e. The fourth-order valence-electron chi connectivity index (χ4n) is 1.46. The molecule has 0 saturated heterocycles. The summed E-state index contributed by atoms with van der Waals surface area (Å²) >= 11 is 11.9. The van der Waals surface area contributed by atoms with Gasteiger partial charge in [0.2, 0.25) is 5.88 Å². The number of halogens is 2. The van der Waals surface area contributed by atoms with E-state index in [2.05, 4.69) is 15.4 Å². The van der Waals surface area contributed by atoms with Gasteiger partial charge in [0.1, 0.15) is 18.2 Å². The SMILES string of the molecule is COCc1nc(NN)cc(Oc2ccc(Cl)cc2Cl)n1. The highest BCUT2D eigenvalue weighted by molar-refractivity contribution is 6.35. The highest BCUT2D eigenvalue weighted by Gasteiger charge is 2.09. The fourth-order valence-corrected chi connectivity index (χ4v) is 1.91. The lowest BCUT2D eigenvalue weighted by atomic mass is 10.3. The first-order valence-electron chi connectivity index (χ1n) is 5.59. The number of hydrogen-bond donors (Lipinski definition) is 2. The van der Waals surface area contributed by atoms with E-state index in [-0.39, 0.29) is 6.61 Å². The Bertz CT molecular complexity index is 610. The molecule has 2 aromatic rings. The van der Waals surface area contributed by atoms with E-state index >= 15 is 0 Å². The van der Waals surface area contributed by atoms with Crippen molar-refractivity contribution in [2.75, 3.05) is 12.5 Å². The summed E-state index contributed by atoms with van der Waals surface area (Å²) in [5.41, 5.74) is 2.43. The molecule has 0 unspecified atom stereocenters. The van der Waals surface area contributed by atoms with Crippen LogP contribution in [0.25, 0.3) is 0 Å². The Labute approximate surface area is 125 Å². The highest BCUT2D eigenvalue weighted by atomic mass is 35.5. The fraction of sp³-hybridized carbons (Fsp3) is 0.167. The first-order valence-corrected chi connectivity index (χ1v) is 6.34. The molecule has 20 heavy (non-hydrogen) atoms. The van der Waals surface area contributed by atoms with Gasteiger partial charge in [-0.2, -0.15) is 4.98 Å². The molecule has 0 amide bonds. The van der Waals surface area contributed by atoms with Gasteiger partial charge in [0.25, 0.3) is 0 Å². The van der Waals surface area contributed by atoms with E-state index in [1.807, 2.05) is 0 Å². The minimum atomic E-state index is 0.236. The van der Waals surface area contributed by atoms with Crippen molar-refractivity contribution in [3.63, 3.8) is 0 Å². The van der Waals surface area contributed by atoms with Gasteiger partial charge in [-0.3, -0.25) is 0 Å². The second-order valence-corrected chi connectivity index (χ2v) is 4.61. The molecule has 1 heterocycles. The Morgan fingerprint density at radius 2 is 2.05 bits per heavy atom. The number of nitrogens with one attached hydrogen (secondary N) is 1. The van der Waals surface area contributed by atoms with Crippen molar-refractivity contribution >= 4 is 29.0 Å². The molecule has 0 aliphatic carbocycles. The van der Waals surface area contributed by atoms with Crippen LogP contribution in [-0.4, -0.2) is 17.1 Å². The van der Waals surface area contributed by atoms with E-state index in [0.717, 1.165) is 0 Å².